The first-order chi connectivity index (χ1) is 10.0. The molecular formula is C14H15F3N2O2. The number of nitrogens with one attached hydrogen (secondary N) is 1. The normalized spacial score (nSPS) is 10.1. The summed E-state index contributed by atoms with van der Waals surface area (Å²) in [5, 5.41) is 2.52. The van der Waals surface area contributed by atoms with Gasteiger partial charge >= 0.3 is 0 Å². The van der Waals surface area contributed by atoms with Crippen LogP contribution in [0.1, 0.15) is 12.0 Å². The van der Waals surface area contributed by atoms with E-state index in [1.165, 1.54) is 18.2 Å². The summed E-state index contributed by atoms with van der Waals surface area (Å²) in [5.74, 6) is 4.27. The molecule has 1 aromatic rings. The molecule has 0 aliphatic carbocycles. The number of carbonyl (C=O) groups is 1. The van der Waals surface area contributed by atoms with Crippen molar-refractivity contribution in [3.8, 4) is 11.8 Å². The van der Waals surface area contributed by atoms with E-state index >= 15 is 0 Å². The monoisotopic (exact) mass is 300 g/mol. The Morgan fingerprint density at radius 1 is 1.43 bits per heavy atom. The van der Waals surface area contributed by atoms with Gasteiger partial charge in [0.15, 0.2) is 0 Å². The number of halogens is 3. The van der Waals surface area contributed by atoms with Crippen molar-refractivity contribution >= 4 is 11.6 Å². The molecule has 1 rings (SSSR count). The maximum Gasteiger partial charge on any atom is 0.261 e. The van der Waals surface area contributed by atoms with Crippen LogP contribution in [0, 0.1) is 17.7 Å². The molecule has 1 aromatic carbocycles. The van der Waals surface area contributed by atoms with Gasteiger partial charge in [-0.05, 0) is 18.2 Å². The zero-order valence-corrected chi connectivity index (χ0v) is 11.2. The molecule has 0 aliphatic heterocycles. The van der Waals surface area contributed by atoms with Gasteiger partial charge < -0.3 is 15.8 Å². The van der Waals surface area contributed by atoms with Gasteiger partial charge in [-0.25, -0.2) is 13.2 Å². The number of hydrogen-bond acceptors (Lipinski definition) is 3. The summed E-state index contributed by atoms with van der Waals surface area (Å²) >= 11 is 0. The molecule has 0 radical (unpaired) electrons. The molecule has 3 N–H and O–H groups in total. The number of nitrogens with two attached hydrogens (primary N) is 1. The lowest BCUT2D eigenvalue weighted by atomic mass is 10.1. The van der Waals surface area contributed by atoms with E-state index in [0.717, 1.165) is 0 Å². The summed E-state index contributed by atoms with van der Waals surface area (Å²) in [6.07, 6.45) is -2.66. The lowest BCUT2D eigenvalue weighted by molar-refractivity contribution is -0.117. The van der Waals surface area contributed by atoms with Crippen LogP contribution in [0.4, 0.5) is 18.9 Å². The van der Waals surface area contributed by atoms with Crippen LogP contribution in [0.25, 0.3) is 0 Å². The molecule has 0 saturated heterocycles. The standard InChI is InChI=1S/C14H15F3N2O2/c15-11-3-4-12(10(8-11)2-1-6-18)19-14(20)5-7-21-9-13(16)17/h3-4,8,13H,5-7,9,18H2,(H,19,20). The Morgan fingerprint density at radius 2 is 2.19 bits per heavy atom. The summed E-state index contributed by atoms with van der Waals surface area (Å²) in [7, 11) is 0. The Kier molecular flexibility index (Phi) is 7.29. The Bertz CT molecular complexity index is 539. The fourth-order valence-corrected chi connectivity index (χ4v) is 1.43. The van der Waals surface area contributed by atoms with E-state index < -0.39 is 24.8 Å². The first-order valence-electron chi connectivity index (χ1n) is 6.17. The molecule has 0 fully saturated rings. The summed E-state index contributed by atoms with van der Waals surface area (Å²) in [4.78, 5) is 11.6. The summed E-state index contributed by atoms with van der Waals surface area (Å²) < 4.78 is 41.4. The summed E-state index contributed by atoms with van der Waals surface area (Å²) in [5.41, 5.74) is 5.86. The minimum absolute atomic E-state index is 0.0894. The predicted octanol–water partition coefficient (Wildman–Crippen LogP) is 1.75. The highest BCUT2D eigenvalue weighted by Gasteiger charge is 2.08. The average molecular weight is 300 g/mol. The number of benzene rings is 1. The molecule has 0 aromatic heterocycles. The van der Waals surface area contributed by atoms with Crippen LogP contribution >= 0.6 is 0 Å². The van der Waals surface area contributed by atoms with Gasteiger partial charge in [0.05, 0.1) is 30.8 Å². The molecule has 0 atom stereocenters. The van der Waals surface area contributed by atoms with Crippen molar-refractivity contribution in [2.45, 2.75) is 12.8 Å². The summed E-state index contributed by atoms with van der Waals surface area (Å²) in [6.45, 7) is -0.733. The lowest BCUT2D eigenvalue weighted by Gasteiger charge is -2.08. The first kappa shape index (κ1) is 17.0. The Morgan fingerprint density at radius 3 is 2.86 bits per heavy atom. The van der Waals surface area contributed by atoms with Crippen LogP contribution in [0.15, 0.2) is 18.2 Å². The molecule has 0 bridgehead atoms. The van der Waals surface area contributed by atoms with Crippen LogP contribution in [-0.4, -0.2) is 32.1 Å². The van der Waals surface area contributed by atoms with E-state index in [4.69, 9.17) is 5.73 Å². The number of amides is 1. The molecule has 1 amide bonds. The average Bonchev–Trinajstić information content (AvgIpc) is 2.43. The highest BCUT2D eigenvalue weighted by atomic mass is 19.3. The van der Waals surface area contributed by atoms with Gasteiger partial charge in [0.25, 0.3) is 6.43 Å². The zero-order chi connectivity index (χ0) is 15.7. The second-order valence-corrected chi connectivity index (χ2v) is 3.96. The number of hydrogen-bond donors (Lipinski definition) is 2. The maximum absolute atomic E-state index is 13.1. The van der Waals surface area contributed by atoms with Gasteiger partial charge in [-0.3, -0.25) is 4.79 Å². The summed E-state index contributed by atoms with van der Waals surface area (Å²) in [6, 6.07) is 3.72. The second-order valence-electron chi connectivity index (χ2n) is 3.96. The predicted molar refractivity (Wildman–Crippen MR) is 72.4 cm³/mol. The topological polar surface area (TPSA) is 64.3 Å². The Labute approximate surface area is 120 Å². The van der Waals surface area contributed by atoms with Crippen molar-refractivity contribution < 1.29 is 22.7 Å². The number of alkyl halides is 2. The van der Waals surface area contributed by atoms with Gasteiger partial charge in [0.1, 0.15) is 12.4 Å². The van der Waals surface area contributed by atoms with E-state index in [1.807, 2.05) is 0 Å². The quantitative estimate of drug-likeness (QED) is 0.621. The Hall–Kier alpha value is -2.04. The van der Waals surface area contributed by atoms with Gasteiger partial charge in [-0.2, -0.15) is 0 Å². The molecule has 114 valence electrons. The van der Waals surface area contributed by atoms with E-state index in [1.54, 1.807) is 0 Å². The smallest absolute Gasteiger partial charge is 0.261 e. The van der Waals surface area contributed by atoms with Gasteiger partial charge in [0.2, 0.25) is 5.91 Å². The van der Waals surface area contributed by atoms with Crippen LogP contribution in [0.5, 0.6) is 0 Å². The van der Waals surface area contributed by atoms with Gasteiger partial charge in [0, 0.05) is 0 Å². The molecule has 4 nitrogen and oxygen atoms in total. The number of carbonyl (C=O) groups excluding carboxylic acids is 1. The minimum atomic E-state index is -2.57. The molecule has 0 saturated carbocycles. The number of rotatable bonds is 6. The van der Waals surface area contributed by atoms with Gasteiger partial charge in [-0.1, -0.05) is 11.8 Å². The molecule has 0 unspecified atom stereocenters. The van der Waals surface area contributed by atoms with Crippen molar-refractivity contribution in [3.63, 3.8) is 0 Å². The first-order valence-corrected chi connectivity index (χ1v) is 6.17. The molecule has 0 aliphatic rings. The Balaban J connectivity index is 2.59. The molecule has 7 heteroatoms. The fraction of sp³-hybridized carbons (Fsp3) is 0.357. The number of anilines is 1. The van der Waals surface area contributed by atoms with Crippen molar-refractivity contribution in [2.24, 2.45) is 5.73 Å². The number of ether oxygens (including phenoxy) is 1. The van der Waals surface area contributed by atoms with Gasteiger partial charge in [-0.15, -0.1) is 0 Å². The third-order valence-electron chi connectivity index (χ3n) is 2.30. The van der Waals surface area contributed by atoms with E-state index in [9.17, 15) is 18.0 Å². The van der Waals surface area contributed by atoms with Crippen molar-refractivity contribution in [3.05, 3.63) is 29.6 Å². The second kappa shape index (κ2) is 9.00. The maximum atomic E-state index is 13.1. The van der Waals surface area contributed by atoms with Crippen LogP contribution in [0.2, 0.25) is 0 Å². The van der Waals surface area contributed by atoms with Crippen LogP contribution in [-0.2, 0) is 9.53 Å². The largest absolute Gasteiger partial charge is 0.375 e. The fourth-order valence-electron chi connectivity index (χ4n) is 1.43. The third kappa shape index (κ3) is 6.79. The lowest BCUT2D eigenvalue weighted by Crippen LogP contribution is -2.16. The molecule has 0 spiro atoms. The van der Waals surface area contributed by atoms with Crippen molar-refractivity contribution in [2.75, 3.05) is 25.1 Å². The molecule has 0 heterocycles. The van der Waals surface area contributed by atoms with Crippen molar-refractivity contribution in [1.29, 1.82) is 0 Å². The van der Waals surface area contributed by atoms with E-state index in [0.29, 0.717) is 11.3 Å². The molecular weight excluding hydrogens is 285 g/mol. The van der Waals surface area contributed by atoms with Crippen LogP contribution < -0.4 is 11.1 Å². The SMILES string of the molecule is NCC#Cc1cc(F)ccc1NC(=O)CCOCC(F)F. The highest BCUT2D eigenvalue weighted by molar-refractivity contribution is 5.92. The molecule has 21 heavy (non-hydrogen) atoms. The zero-order valence-electron chi connectivity index (χ0n) is 11.2. The van der Waals surface area contributed by atoms with Crippen molar-refractivity contribution in [1.82, 2.24) is 0 Å². The minimum Gasteiger partial charge on any atom is -0.375 e. The highest BCUT2D eigenvalue weighted by Crippen LogP contribution is 2.16. The van der Waals surface area contributed by atoms with E-state index in [-0.39, 0.29) is 19.6 Å². The third-order valence-corrected chi connectivity index (χ3v) is 2.30. The van der Waals surface area contributed by atoms with E-state index in [2.05, 4.69) is 21.9 Å². The van der Waals surface area contributed by atoms with Crippen LogP contribution in [0.3, 0.4) is 0 Å².